The molecule has 2 aromatic carbocycles. The van der Waals surface area contributed by atoms with Gasteiger partial charge in [0.15, 0.2) is 0 Å². The average Bonchev–Trinajstić information content (AvgIpc) is 2.80. The summed E-state index contributed by atoms with van der Waals surface area (Å²) in [7, 11) is 0. The van der Waals surface area contributed by atoms with Gasteiger partial charge in [-0.25, -0.2) is 0 Å². The van der Waals surface area contributed by atoms with Crippen molar-refractivity contribution < 1.29 is 0 Å². The molecule has 5 nitrogen and oxygen atoms in total. The predicted octanol–water partition coefficient (Wildman–Crippen LogP) is 4.25. The SMILES string of the molecule is CCc1nc(=O)c2ccccc2n1C1=CCN(Cc2cccc3cccnc23)CC1. The number of nitrogens with zero attached hydrogens (tertiary/aromatic N) is 4. The predicted molar refractivity (Wildman–Crippen MR) is 121 cm³/mol. The van der Waals surface area contributed by atoms with Crippen LogP contribution in [-0.4, -0.2) is 32.5 Å². The lowest BCUT2D eigenvalue weighted by molar-refractivity contribution is 0.292. The van der Waals surface area contributed by atoms with E-state index in [9.17, 15) is 4.79 Å². The fourth-order valence-corrected chi connectivity index (χ4v) is 4.36. The van der Waals surface area contributed by atoms with Crippen LogP contribution in [0, 0.1) is 0 Å². The van der Waals surface area contributed by atoms with E-state index in [0.29, 0.717) is 5.39 Å². The van der Waals surface area contributed by atoms with Crippen LogP contribution in [0.4, 0.5) is 0 Å². The zero-order valence-corrected chi connectivity index (χ0v) is 17.1. The minimum atomic E-state index is -0.139. The van der Waals surface area contributed by atoms with E-state index < -0.39 is 0 Å². The van der Waals surface area contributed by atoms with Crippen LogP contribution in [0.2, 0.25) is 0 Å². The molecule has 0 unspecified atom stereocenters. The molecule has 0 bridgehead atoms. The number of hydrogen-bond donors (Lipinski definition) is 0. The summed E-state index contributed by atoms with van der Waals surface area (Å²) >= 11 is 0. The molecule has 0 amide bonds. The summed E-state index contributed by atoms with van der Waals surface area (Å²) in [5, 5.41) is 1.86. The summed E-state index contributed by atoms with van der Waals surface area (Å²) in [6.07, 6.45) is 5.78. The highest BCUT2D eigenvalue weighted by Crippen LogP contribution is 2.25. The number of fused-ring (bicyclic) bond motifs is 2. The van der Waals surface area contributed by atoms with Crippen LogP contribution < -0.4 is 5.56 Å². The van der Waals surface area contributed by atoms with Crippen LogP contribution in [0.5, 0.6) is 0 Å². The lowest BCUT2D eigenvalue weighted by Gasteiger charge is -2.28. The van der Waals surface area contributed by atoms with Crippen molar-refractivity contribution in [3.05, 3.63) is 88.6 Å². The third-order valence-corrected chi connectivity index (χ3v) is 5.85. The van der Waals surface area contributed by atoms with Crippen molar-refractivity contribution >= 4 is 27.5 Å². The second-order valence-electron chi connectivity index (χ2n) is 7.71. The number of aryl methyl sites for hydroxylation is 1. The van der Waals surface area contributed by atoms with E-state index in [1.807, 2.05) is 36.5 Å². The molecule has 2 aromatic heterocycles. The van der Waals surface area contributed by atoms with Crippen molar-refractivity contribution in [2.75, 3.05) is 13.1 Å². The Labute approximate surface area is 175 Å². The largest absolute Gasteiger partial charge is 0.302 e. The monoisotopic (exact) mass is 396 g/mol. The molecule has 5 rings (SSSR count). The Morgan fingerprint density at radius 2 is 1.90 bits per heavy atom. The van der Waals surface area contributed by atoms with Crippen LogP contribution in [0.25, 0.3) is 27.5 Å². The van der Waals surface area contributed by atoms with Gasteiger partial charge in [0.2, 0.25) is 0 Å². The first-order valence-corrected chi connectivity index (χ1v) is 10.5. The second-order valence-corrected chi connectivity index (χ2v) is 7.71. The van der Waals surface area contributed by atoms with E-state index >= 15 is 0 Å². The summed E-state index contributed by atoms with van der Waals surface area (Å²) in [4.78, 5) is 23.8. The molecule has 0 N–H and O–H groups in total. The maximum Gasteiger partial charge on any atom is 0.280 e. The minimum Gasteiger partial charge on any atom is -0.302 e. The average molecular weight is 396 g/mol. The quantitative estimate of drug-likeness (QED) is 0.517. The van der Waals surface area contributed by atoms with Gasteiger partial charge in [-0.2, -0.15) is 4.98 Å². The molecule has 0 saturated carbocycles. The summed E-state index contributed by atoms with van der Waals surface area (Å²) in [6, 6.07) is 18.3. The minimum absolute atomic E-state index is 0.139. The molecular formula is C25H24N4O. The van der Waals surface area contributed by atoms with E-state index in [0.717, 1.165) is 49.3 Å². The second kappa shape index (κ2) is 7.84. The highest BCUT2D eigenvalue weighted by molar-refractivity contribution is 5.82. The Balaban J connectivity index is 1.46. The van der Waals surface area contributed by atoms with Crippen molar-refractivity contribution in [2.24, 2.45) is 0 Å². The van der Waals surface area contributed by atoms with Crippen LogP contribution in [0.15, 0.2) is 71.7 Å². The molecule has 0 saturated heterocycles. The number of hydrogen-bond acceptors (Lipinski definition) is 4. The van der Waals surface area contributed by atoms with Gasteiger partial charge in [0, 0.05) is 49.8 Å². The van der Waals surface area contributed by atoms with Gasteiger partial charge < -0.3 is 4.57 Å². The van der Waals surface area contributed by atoms with Crippen LogP contribution >= 0.6 is 0 Å². The summed E-state index contributed by atoms with van der Waals surface area (Å²) in [5.74, 6) is 0.830. The third kappa shape index (κ3) is 3.31. The van der Waals surface area contributed by atoms with Gasteiger partial charge in [0.05, 0.1) is 16.4 Å². The molecule has 0 spiro atoms. The zero-order chi connectivity index (χ0) is 20.5. The Hall–Kier alpha value is -3.31. The summed E-state index contributed by atoms with van der Waals surface area (Å²) in [5.41, 5.74) is 4.38. The fraction of sp³-hybridized carbons (Fsp3) is 0.240. The molecule has 0 atom stereocenters. The van der Waals surface area contributed by atoms with Gasteiger partial charge in [-0.1, -0.05) is 49.4 Å². The van der Waals surface area contributed by atoms with Crippen molar-refractivity contribution in [2.45, 2.75) is 26.3 Å². The molecule has 150 valence electrons. The molecule has 30 heavy (non-hydrogen) atoms. The van der Waals surface area contributed by atoms with Gasteiger partial charge in [-0.15, -0.1) is 0 Å². The Bertz CT molecular complexity index is 1320. The maximum absolute atomic E-state index is 12.4. The van der Waals surface area contributed by atoms with Crippen molar-refractivity contribution in [1.29, 1.82) is 0 Å². The molecule has 3 heterocycles. The molecule has 0 fully saturated rings. The molecule has 5 heteroatoms. The normalized spacial score (nSPS) is 14.9. The van der Waals surface area contributed by atoms with Crippen molar-refractivity contribution in [1.82, 2.24) is 19.4 Å². The lowest BCUT2D eigenvalue weighted by atomic mass is 10.1. The third-order valence-electron chi connectivity index (χ3n) is 5.85. The Morgan fingerprint density at radius 1 is 1.03 bits per heavy atom. The highest BCUT2D eigenvalue weighted by atomic mass is 16.1. The van der Waals surface area contributed by atoms with E-state index in [4.69, 9.17) is 0 Å². The first-order valence-electron chi connectivity index (χ1n) is 10.5. The van der Waals surface area contributed by atoms with E-state index in [2.05, 4.69) is 56.7 Å². The van der Waals surface area contributed by atoms with Gasteiger partial charge in [-0.3, -0.25) is 14.7 Å². The lowest BCUT2D eigenvalue weighted by Crippen LogP contribution is -2.30. The number of rotatable bonds is 4. The highest BCUT2D eigenvalue weighted by Gasteiger charge is 2.18. The number of aromatic nitrogens is 3. The van der Waals surface area contributed by atoms with E-state index in [-0.39, 0.29) is 5.56 Å². The van der Waals surface area contributed by atoms with Crippen LogP contribution in [0.3, 0.4) is 0 Å². The van der Waals surface area contributed by atoms with E-state index in [1.54, 1.807) is 0 Å². The van der Waals surface area contributed by atoms with Crippen LogP contribution in [0.1, 0.15) is 24.7 Å². The standard InChI is InChI=1S/C25H24N4O/c1-2-23-27-25(30)21-10-3-4-11-22(21)29(23)20-12-15-28(16-13-20)17-19-8-5-7-18-9-6-14-26-24(18)19/h3-12,14H,2,13,15-17H2,1H3. The number of para-hydroxylation sites is 2. The summed E-state index contributed by atoms with van der Waals surface area (Å²) in [6.45, 7) is 4.75. The summed E-state index contributed by atoms with van der Waals surface area (Å²) < 4.78 is 2.19. The van der Waals surface area contributed by atoms with Crippen molar-refractivity contribution in [3.63, 3.8) is 0 Å². The van der Waals surface area contributed by atoms with Gasteiger partial charge in [0.25, 0.3) is 5.56 Å². The van der Waals surface area contributed by atoms with Gasteiger partial charge in [0.1, 0.15) is 5.82 Å². The van der Waals surface area contributed by atoms with Gasteiger partial charge in [-0.05, 0) is 23.8 Å². The smallest absolute Gasteiger partial charge is 0.280 e. The first-order chi connectivity index (χ1) is 14.7. The Morgan fingerprint density at radius 3 is 2.73 bits per heavy atom. The van der Waals surface area contributed by atoms with Gasteiger partial charge >= 0.3 is 0 Å². The van der Waals surface area contributed by atoms with Crippen molar-refractivity contribution in [3.8, 4) is 0 Å². The number of pyridine rings is 1. The maximum atomic E-state index is 12.4. The Kier molecular flexibility index (Phi) is 4.89. The zero-order valence-electron chi connectivity index (χ0n) is 17.1. The van der Waals surface area contributed by atoms with E-state index in [1.165, 1.54) is 16.6 Å². The molecule has 0 aliphatic carbocycles. The van der Waals surface area contributed by atoms with Crippen LogP contribution in [-0.2, 0) is 13.0 Å². The molecule has 1 aliphatic rings. The number of benzene rings is 2. The molecule has 4 aromatic rings. The fourth-order valence-electron chi connectivity index (χ4n) is 4.36. The molecule has 1 aliphatic heterocycles. The molecule has 0 radical (unpaired) electrons. The molecular weight excluding hydrogens is 372 g/mol. The first kappa shape index (κ1) is 18.7. The topological polar surface area (TPSA) is 51.0 Å².